The number of benzene rings is 2. The third-order valence-corrected chi connectivity index (χ3v) is 3.80. The molecule has 22 heavy (non-hydrogen) atoms. The van der Waals surface area contributed by atoms with Gasteiger partial charge < -0.3 is 4.74 Å². The van der Waals surface area contributed by atoms with E-state index in [1.54, 1.807) is 36.4 Å². The minimum atomic E-state index is -0.512. The number of carbonyl (C=O) groups is 2. The van der Waals surface area contributed by atoms with Gasteiger partial charge in [0.15, 0.2) is 0 Å². The predicted molar refractivity (Wildman–Crippen MR) is 82.6 cm³/mol. The number of carbonyl (C=O) groups excluding carboxylic acids is 2. The number of hydrogen-bond donors (Lipinski definition) is 1. The highest BCUT2D eigenvalue weighted by Crippen LogP contribution is 2.19. The van der Waals surface area contributed by atoms with Gasteiger partial charge in [0.25, 0.3) is 5.91 Å². The fourth-order valence-electron chi connectivity index (χ4n) is 1.74. The van der Waals surface area contributed by atoms with E-state index < -0.39 is 11.8 Å². The van der Waals surface area contributed by atoms with Gasteiger partial charge in [0, 0.05) is 4.90 Å². The van der Waals surface area contributed by atoms with Crippen molar-refractivity contribution in [2.45, 2.75) is 4.90 Å². The molecule has 2 amide bonds. The van der Waals surface area contributed by atoms with Crippen LogP contribution in [0.5, 0.6) is 5.75 Å². The highest BCUT2D eigenvalue weighted by Gasteiger charge is 2.14. The van der Waals surface area contributed by atoms with Gasteiger partial charge in [-0.1, -0.05) is 12.1 Å². The van der Waals surface area contributed by atoms with E-state index in [1.165, 1.54) is 31.0 Å². The van der Waals surface area contributed by atoms with Crippen molar-refractivity contribution in [2.24, 2.45) is 0 Å². The summed E-state index contributed by atoms with van der Waals surface area (Å²) in [7, 11) is 1.46. The first-order chi connectivity index (χ1) is 10.6. The average molecular weight is 319 g/mol. The van der Waals surface area contributed by atoms with Crippen LogP contribution in [0.4, 0.5) is 4.39 Å². The monoisotopic (exact) mass is 319 g/mol. The van der Waals surface area contributed by atoms with Gasteiger partial charge in [0.05, 0.1) is 18.4 Å². The minimum absolute atomic E-state index is 0.0620. The Morgan fingerprint density at radius 3 is 2.50 bits per heavy atom. The number of thioether (sulfide) groups is 1. The molecule has 4 nitrogen and oxygen atoms in total. The summed E-state index contributed by atoms with van der Waals surface area (Å²) >= 11 is 1.22. The molecule has 0 spiro atoms. The van der Waals surface area contributed by atoms with Gasteiger partial charge in [-0.3, -0.25) is 14.9 Å². The minimum Gasteiger partial charge on any atom is -0.496 e. The Morgan fingerprint density at radius 1 is 1.14 bits per heavy atom. The molecule has 0 saturated carbocycles. The molecule has 0 aromatic heterocycles. The van der Waals surface area contributed by atoms with Gasteiger partial charge in [-0.15, -0.1) is 11.8 Å². The van der Waals surface area contributed by atoms with Crippen LogP contribution in [-0.4, -0.2) is 24.7 Å². The Hall–Kier alpha value is -2.34. The number of halogens is 1. The third kappa shape index (κ3) is 4.33. The Labute approximate surface area is 131 Å². The van der Waals surface area contributed by atoms with Gasteiger partial charge in [0.1, 0.15) is 11.6 Å². The molecule has 0 atom stereocenters. The molecule has 6 heteroatoms. The van der Waals surface area contributed by atoms with E-state index in [0.717, 1.165) is 4.90 Å². The maximum Gasteiger partial charge on any atom is 0.261 e. The normalized spacial score (nSPS) is 10.1. The van der Waals surface area contributed by atoms with Crippen LogP contribution in [-0.2, 0) is 4.79 Å². The molecular weight excluding hydrogens is 305 g/mol. The van der Waals surface area contributed by atoms with Crippen LogP contribution in [0.1, 0.15) is 10.4 Å². The summed E-state index contributed by atoms with van der Waals surface area (Å²) in [5.41, 5.74) is 0.296. The van der Waals surface area contributed by atoms with E-state index in [-0.39, 0.29) is 11.6 Å². The Morgan fingerprint density at radius 2 is 1.82 bits per heavy atom. The second kappa shape index (κ2) is 7.61. The molecular formula is C16H14FNO3S. The van der Waals surface area contributed by atoms with Crippen molar-refractivity contribution in [3.05, 3.63) is 59.9 Å². The van der Waals surface area contributed by atoms with E-state index in [0.29, 0.717) is 11.3 Å². The van der Waals surface area contributed by atoms with Crippen LogP contribution in [0.15, 0.2) is 53.4 Å². The number of methoxy groups -OCH3 is 1. The van der Waals surface area contributed by atoms with Crippen LogP contribution >= 0.6 is 11.8 Å². The quantitative estimate of drug-likeness (QED) is 0.861. The maximum atomic E-state index is 12.8. The van der Waals surface area contributed by atoms with Crippen LogP contribution in [0.25, 0.3) is 0 Å². The number of imide groups is 1. The summed E-state index contributed by atoms with van der Waals surface area (Å²) in [6.07, 6.45) is 0. The number of ether oxygens (including phenoxy) is 1. The summed E-state index contributed by atoms with van der Waals surface area (Å²) in [6, 6.07) is 12.4. The predicted octanol–water partition coefficient (Wildman–Crippen LogP) is 2.88. The summed E-state index contributed by atoms with van der Waals surface area (Å²) < 4.78 is 17.8. The van der Waals surface area contributed by atoms with Crippen molar-refractivity contribution < 1.29 is 18.7 Å². The molecule has 114 valence electrons. The second-order valence-corrected chi connectivity index (χ2v) is 5.37. The molecule has 2 aromatic carbocycles. The standard InChI is InChI=1S/C16H14FNO3S/c1-21-14-5-3-2-4-13(14)16(20)18-15(19)10-22-12-8-6-11(17)7-9-12/h2-9H,10H2,1H3,(H,18,19,20). The smallest absolute Gasteiger partial charge is 0.261 e. The lowest BCUT2D eigenvalue weighted by atomic mass is 10.2. The van der Waals surface area contributed by atoms with Crippen molar-refractivity contribution in [1.29, 1.82) is 0 Å². The molecule has 1 N–H and O–H groups in total. The lowest BCUT2D eigenvalue weighted by molar-refractivity contribution is -0.117. The van der Waals surface area contributed by atoms with Crippen molar-refractivity contribution in [3.8, 4) is 5.75 Å². The van der Waals surface area contributed by atoms with Crippen LogP contribution in [0, 0.1) is 5.82 Å². The molecule has 2 aromatic rings. The summed E-state index contributed by atoms with van der Waals surface area (Å²) in [5, 5.41) is 2.30. The Bertz CT molecular complexity index is 673. The molecule has 0 aliphatic rings. The fourth-order valence-corrected chi connectivity index (χ4v) is 2.44. The molecule has 0 unspecified atom stereocenters. The van der Waals surface area contributed by atoms with Gasteiger partial charge in [-0.05, 0) is 36.4 Å². The van der Waals surface area contributed by atoms with E-state index in [4.69, 9.17) is 4.74 Å². The number of hydrogen-bond acceptors (Lipinski definition) is 4. The molecule has 0 radical (unpaired) electrons. The fraction of sp³-hybridized carbons (Fsp3) is 0.125. The Kier molecular flexibility index (Phi) is 5.55. The first kappa shape index (κ1) is 16.0. The molecule has 0 aliphatic carbocycles. The molecule has 0 fully saturated rings. The second-order valence-electron chi connectivity index (χ2n) is 4.32. The van der Waals surface area contributed by atoms with E-state index in [9.17, 15) is 14.0 Å². The van der Waals surface area contributed by atoms with Crippen LogP contribution < -0.4 is 10.1 Å². The summed E-state index contributed by atoms with van der Waals surface area (Å²) in [6.45, 7) is 0. The van der Waals surface area contributed by atoms with Gasteiger partial charge in [-0.25, -0.2) is 4.39 Å². The lowest BCUT2D eigenvalue weighted by Crippen LogP contribution is -2.32. The topological polar surface area (TPSA) is 55.4 Å². The average Bonchev–Trinajstić information content (AvgIpc) is 2.54. The molecule has 0 saturated heterocycles. The van der Waals surface area contributed by atoms with Crippen molar-refractivity contribution in [2.75, 3.05) is 12.9 Å². The molecule has 0 bridgehead atoms. The van der Waals surface area contributed by atoms with Crippen molar-refractivity contribution in [1.82, 2.24) is 5.32 Å². The summed E-state index contributed by atoms with van der Waals surface area (Å²) in [5.74, 6) is -0.807. The first-order valence-corrected chi connectivity index (χ1v) is 7.44. The van der Waals surface area contributed by atoms with Crippen molar-refractivity contribution >= 4 is 23.6 Å². The van der Waals surface area contributed by atoms with Gasteiger partial charge in [0.2, 0.25) is 5.91 Å². The maximum absolute atomic E-state index is 12.8. The molecule has 0 aliphatic heterocycles. The highest BCUT2D eigenvalue weighted by atomic mass is 32.2. The largest absolute Gasteiger partial charge is 0.496 e. The van der Waals surface area contributed by atoms with Crippen LogP contribution in [0.2, 0.25) is 0 Å². The SMILES string of the molecule is COc1ccccc1C(=O)NC(=O)CSc1ccc(F)cc1. The first-order valence-electron chi connectivity index (χ1n) is 6.45. The van der Waals surface area contributed by atoms with E-state index in [1.807, 2.05) is 0 Å². The summed E-state index contributed by atoms with van der Waals surface area (Å²) in [4.78, 5) is 24.6. The highest BCUT2D eigenvalue weighted by molar-refractivity contribution is 8.00. The number of para-hydroxylation sites is 1. The molecule has 0 heterocycles. The Balaban J connectivity index is 1.91. The molecule has 2 rings (SSSR count). The van der Waals surface area contributed by atoms with E-state index >= 15 is 0 Å². The van der Waals surface area contributed by atoms with Gasteiger partial charge >= 0.3 is 0 Å². The lowest BCUT2D eigenvalue weighted by Gasteiger charge is -2.08. The number of nitrogens with one attached hydrogen (secondary N) is 1. The third-order valence-electron chi connectivity index (χ3n) is 2.79. The zero-order valence-corrected chi connectivity index (χ0v) is 12.7. The number of rotatable bonds is 5. The van der Waals surface area contributed by atoms with Crippen LogP contribution in [0.3, 0.4) is 0 Å². The zero-order valence-electron chi connectivity index (χ0n) is 11.8. The zero-order chi connectivity index (χ0) is 15.9. The van der Waals surface area contributed by atoms with E-state index in [2.05, 4.69) is 5.32 Å². The number of amides is 2. The van der Waals surface area contributed by atoms with Gasteiger partial charge in [-0.2, -0.15) is 0 Å². The van der Waals surface area contributed by atoms with Crippen molar-refractivity contribution in [3.63, 3.8) is 0 Å².